The molecule has 0 saturated carbocycles. The number of aromatic amines is 1. The van der Waals surface area contributed by atoms with Crippen molar-refractivity contribution in [1.82, 2.24) is 14.8 Å². The molecule has 4 heteroatoms. The number of hydrogen-bond donors (Lipinski definition) is 1. The van der Waals surface area contributed by atoms with Crippen LogP contribution in [0.5, 0.6) is 0 Å². The first kappa shape index (κ1) is 13.9. The van der Waals surface area contributed by atoms with Crippen molar-refractivity contribution in [3.8, 4) is 0 Å². The molecule has 0 aromatic carbocycles. The van der Waals surface area contributed by atoms with E-state index in [1.165, 1.54) is 5.56 Å². The van der Waals surface area contributed by atoms with Gasteiger partial charge in [0.1, 0.15) is 0 Å². The molecule has 17 heavy (non-hydrogen) atoms. The van der Waals surface area contributed by atoms with Crippen LogP contribution >= 0.6 is 0 Å². The minimum absolute atomic E-state index is 0.707. The molecule has 1 N–H and O–H groups in total. The van der Waals surface area contributed by atoms with Crippen LogP contribution in [0.25, 0.3) is 0 Å². The maximum absolute atomic E-state index is 10.8. The number of carbonyl (C=O) groups excluding carboxylic acids is 1. The van der Waals surface area contributed by atoms with Gasteiger partial charge in [0, 0.05) is 25.3 Å². The minimum atomic E-state index is 0.707. The van der Waals surface area contributed by atoms with Gasteiger partial charge in [-0.15, -0.1) is 0 Å². The van der Waals surface area contributed by atoms with Gasteiger partial charge in [-0.05, 0) is 46.1 Å². The van der Waals surface area contributed by atoms with Gasteiger partial charge in [0.2, 0.25) is 0 Å². The van der Waals surface area contributed by atoms with E-state index in [1.807, 2.05) is 13.8 Å². The lowest BCUT2D eigenvalue weighted by molar-refractivity contribution is 0.111. The monoisotopic (exact) mass is 237 g/mol. The van der Waals surface area contributed by atoms with Gasteiger partial charge in [-0.1, -0.05) is 0 Å². The van der Waals surface area contributed by atoms with Gasteiger partial charge < -0.3 is 14.8 Å². The van der Waals surface area contributed by atoms with Crippen LogP contribution in [-0.4, -0.2) is 55.3 Å². The normalized spacial score (nSPS) is 11.5. The number of H-pyrrole nitrogens is 1. The Balaban J connectivity index is 2.67. The van der Waals surface area contributed by atoms with Crippen LogP contribution < -0.4 is 0 Å². The molecule has 1 rings (SSSR count). The van der Waals surface area contributed by atoms with Crippen LogP contribution in [0.15, 0.2) is 0 Å². The number of aryl methyl sites for hydroxylation is 1. The van der Waals surface area contributed by atoms with Gasteiger partial charge in [0.15, 0.2) is 6.29 Å². The standard InChI is InChI=1S/C13H23N3O/c1-10-12(11(2)14-13(10)9-17)8-16(5)7-6-15(3)4/h9,14H,6-8H2,1-5H3. The van der Waals surface area contributed by atoms with Crippen LogP contribution in [-0.2, 0) is 6.54 Å². The van der Waals surface area contributed by atoms with Gasteiger partial charge in [0.05, 0.1) is 5.69 Å². The van der Waals surface area contributed by atoms with Crippen molar-refractivity contribution < 1.29 is 4.79 Å². The first-order valence-corrected chi connectivity index (χ1v) is 5.92. The summed E-state index contributed by atoms with van der Waals surface area (Å²) in [4.78, 5) is 18.4. The lowest BCUT2D eigenvalue weighted by atomic mass is 10.1. The largest absolute Gasteiger partial charge is 0.356 e. The third-order valence-electron chi connectivity index (χ3n) is 3.11. The lowest BCUT2D eigenvalue weighted by Gasteiger charge is -2.19. The van der Waals surface area contributed by atoms with E-state index in [9.17, 15) is 4.79 Å². The predicted molar refractivity (Wildman–Crippen MR) is 70.5 cm³/mol. The molecule has 0 aliphatic carbocycles. The van der Waals surface area contributed by atoms with Crippen molar-refractivity contribution >= 4 is 6.29 Å². The third-order valence-corrected chi connectivity index (χ3v) is 3.11. The Morgan fingerprint density at radius 3 is 2.29 bits per heavy atom. The highest BCUT2D eigenvalue weighted by atomic mass is 16.1. The number of aldehydes is 1. The fourth-order valence-corrected chi connectivity index (χ4v) is 1.89. The Morgan fingerprint density at radius 2 is 1.82 bits per heavy atom. The zero-order chi connectivity index (χ0) is 13.0. The van der Waals surface area contributed by atoms with Gasteiger partial charge >= 0.3 is 0 Å². The number of carbonyl (C=O) groups is 1. The smallest absolute Gasteiger partial charge is 0.166 e. The molecule has 0 fully saturated rings. The molecule has 0 saturated heterocycles. The van der Waals surface area contributed by atoms with Crippen LogP contribution in [0.3, 0.4) is 0 Å². The molecule has 96 valence electrons. The number of rotatable bonds is 6. The molecule has 1 heterocycles. The number of nitrogens with one attached hydrogen (secondary N) is 1. The Bertz CT molecular complexity index is 382. The van der Waals surface area contributed by atoms with E-state index in [0.717, 1.165) is 37.2 Å². The molecule has 0 spiro atoms. The molecule has 0 atom stereocenters. The van der Waals surface area contributed by atoms with Crippen LogP contribution in [0.4, 0.5) is 0 Å². The van der Waals surface area contributed by atoms with E-state index in [4.69, 9.17) is 0 Å². The van der Waals surface area contributed by atoms with Crippen molar-refractivity contribution in [2.75, 3.05) is 34.2 Å². The van der Waals surface area contributed by atoms with E-state index < -0.39 is 0 Å². The number of nitrogens with zero attached hydrogens (tertiary/aromatic N) is 2. The summed E-state index contributed by atoms with van der Waals surface area (Å²) < 4.78 is 0. The van der Waals surface area contributed by atoms with Gasteiger partial charge in [0.25, 0.3) is 0 Å². The summed E-state index contributed by atoms with van der Waals surface area (Å²) in [6.07, 6.45) is 0.894. The zero-order valence-electron chi connectivity index (χ0n) is 11.5. The number of aromatic nitrogens is 1. The zero-order valence-corrected chi connectivity index (χ0v) is 11.5. The summed E-state index contributed by atoms with van der Waals surface area (Å²) in [6.45, 7) is 6.97. The summed E-state index contributed by atoms with van der Waals surface area (Å²) in [7, 11) is 6.26. The molecular formula is C13H23N3O. The van der Waals surface area contributed by atoms with Crippen molar-refractivity contribution in [2.45, 2.75) is 20.4 Å². The molecule has 0 aliphatic rings. The lowest BCUT2D eigenvalue weighted by Crippen LogP contribution is -2.28. The highest BCUT2D eigenvalue weighted by Crippen LogP contribution is 2.17. The third kappa shape index (κ3) is 3.68. The van der Waals surface area contributed by atoms with Crippen LogP contribution in [0, 0.1) is 13.8 Å². The number of hydrogen-bond acceptors (Lipinski definition) is 3. The van der Waals surface area contributed by atoms with E-state index >= 15 is 0 Å². The molecule has 1 aromatic rings. The van der Waals surface area contributed by atoms with Gasteiger partial charge in [-0.3, -0.25) is 4.79 Å². The Morgan fingerprint density at radius 1 is 1.18 bits per heavy atom. The quantitative estimate of drug-likeness (QED) is 0.761. The highest BCUT2D eigenvalue weighted by Gasteiger charge is 2.12. The second-order valence-electron chi connectivity index (χ2n) is 4.93. The SMILES string of the molecule is Cc1[nH]c(C=O)c(C)c1CN(C)CCN(C)C. The van der Waals surface area contributed by atoms with Crippen molar-refractivity contribution in [2.24, 2.45) is 0 Å². The molecule has 4 nitrogen and oxygen atoms in total. The van der Waals surface area contributed by atoms with E-state index in [0.29, 0.717) is 5.69 Å². The summed E-state index contributed by atoms with van der Waals surface area (Å²) in [5.41, 5.74) is 4.13. The van der Waals surface area contributed by atoms with E-state index in [-0.39, 0.29) is 0 Å². The maximum Gasteiger partial charge on any atom is 0.166 e. The predicted octanol–water partition coefficient (Wildman–Crippen LogP) is 1.44. The van der Waals surface area contributed by atoms with Crippen LogP contribution in [0.1, 0.15) is 27.3 Å². The summed E-state index contributed by atoms with van der Waals surface area (Å²) in [5, 5.41) is 0. The second kappa shape index (κ2) is 5.98. The van der Waals surface area contributed by atoms with E-state index in [2.05, 4.69) is 35.9 Å². The molecule has 0 amide bonds. The fourth-order valence-electron chi connectivity index (χ4n) is 1.89. The fraction of sp³-hybridized carbons (Fsp3) is 0.615. The maximum atomic E-state index is 10.8. The summed E-state index contributed by atoms with van der Waals surface area (Å²) in [5.74, 6) is 0. The first-order chi connectivity index (χ1) is 7.95. The van der Waals surface area contributed by atoms with E-state index in [1.54, 1.807) is 0 Å². The Labute approximate surface area is 104 Å². The van der Waals surface area contributed by atoms with Crippen molar-refractivity contribution in [1.29, 1.82) is 0 Å². The molecular weight excluding hydrogens is 214 g/mol. The average molecular weight is 237 g/mol. The Kier molecular flexibility index (Phi) is 4.90. The van der Waals surface area contributed by atoms with Crippen LogP contribution in [0.2, 0.25) is 0 Å². The second-order valence-corrected chi connectivity index (χ2v) is 4.93. The van der Waals surface area contributed by atoms with Gasteiger partial charge in [-0.2, -0.15) is 0 Å². The number of likely N-dealkylation sites (N-methyl/N-ethyl adjacent to an activating group) is 2. The van der Waals surface area contributed by atoms with Gasteiger partial charge in [-0.25, -0.2) is 0 Å². The molecule has 0 unspecified atom stereocenters. The molecule has 0 aliphatic heterocycles. The molecule has 0 radical (unpaired) electrons. The minimum Gasteiger partial charge on any atom is -0.356 e. The highest BCUT2D eigenvalue weighted by molar-refractivity contribution is 5.75. The average Bonchev–Trinajstić information content (AvgIpc) is 2.53. The summed E-state index contributed by atoms with van der Waals surface area (Å²) in [6, 6.07) is 0. The Hall–Kier alpha value is -1.13. The first-order valence-electron chi connectivity index (χ1n) is 5.92. The van der Waals surface area contributed by atoms with Crippen molar-refractivity contribution in [3.63, 3.8) is 0 Å². The van der Waals surface area contributed by atoms with Crippen molar-refractivity contribution in [3.05, 3.63) is 22.5 Å². The molecule has 0 bridgehead atoms. The molecule has 1 aromatic heterocycles. The summed E-state index contributed by atoms with van der Waals surface area (Å²) >= 11 is 0. The topological polar surface area (TPSA) is 39.3 Å².